The van der Waals surface area contributed by atoms with E-state index in [9.17, 15) is 13.2 Å². The maximum absolute atomic E-state index is 13.6. The zero-order valence-electron chi connectivity index (χ0n) is 9.92. The highest BCUT2D eigenvalue weighted by atomic mass is 32.1. The summed E-state index contributed by atoms with van der Waals surface area (Å²) in [5, 5.41) is 0.430. The van der Waals surface area contributed by atoms with Crippen LogP contribution < -0.4 is 5.73 Å². The number of thiazole rings is 1. The zero-order chi connectivity index (χ0) is 13.6. The van der Waals surface area contributed by atoms with Crippen molar-refractivity contribution in [3.05, 3.63) is 45.7 Å². The molecular formula is C13H11F3N2S. The second kappa shape index (κ2) is 4.52. The first-order valence-electron chi connectivity index (χ1n) is 5.93. The van der Waals surface area contributed by atoms with Gasteiger partial charge in [-0.05, 0) is 24.5 Å². The highest BCUT2D eigenvalue weighted by Crippen LogP contribution is 2.43. The summed E-state index contributed by atoms with van der Waals surface area (Å²) in [4.78, 5) is 5.08. The van der Waals surface area contributed by atoms with Crippen LogP contribution in [0.15, 0.2) is 12.1 Å². The summed E-state index contributed by atoms with van der Waals surface area (Å²) in [6.45, 7) is 0. The molecule has 0 saturated heterocycles. The Balaban J connectivity index is 1.95. The van der Waals surface area contributed by atoms with Crippen LogP contribution in [0.25, 0.3) is 0 Å². The van der Waals surface area contributed by atoms with Gasteiger partial charge in [-0.3, -0.25) is 0 Å². The average Bonchev–Trinajstić information content (AvgIpc) is 3.11. The number of benzene rings is 1. The van der Waals surface area contributed by atoms with Gasteiger partial charge in [0, 0.05) is 23.3 Å². The van der Waals surface area contributed by atoms with Crippen LogP contribution in [0.1, 0.15) is 34.9 Å². The topological polar surface area (TPSA) is 38.9 Å². The molecule has 1 saturated carbocycles. The predicted molar refractivity (Wildman–Crippen MR) is 67.6 cm³/mol. The summed E-state index contributed by atoms with van der Waals surface area (Å²) in [7, 11) is 0. The van der Waals surface area contributed by atoms with Crippen molar-refractivity contribution in [2.24, 2.45) is 0 Å². The lowest BCUT2D eigenvalue weighted by atomic mass is 10.1. The largest absolute Gasteiger partial charge is 0.375 e. The van der Waals surface area contributed by atoms with Crippen molar-refractivity contribution in [2.45, 2.75) is 25.2 Å². The molecule has 100 valence electrons. The standard InChI is InChI=1S/C13H11F3N2S/c14-8-5-10(16)9(15)3-7(8)4-11-12(6-1-2-6)18-13(17)19-11/h3,5-6H,1-2,4H2,(H2,17,18). The van der Waals surface area contributed by atoms with Crippen LogP contribution in [0.5, 0.6) is 0 Å². The van der Waals surface area contributed by atoms with Crippen molar-refractivity contribution in [3.8, 4) is 0 Å². The van der Waals surface area contributed by atoms with E-state index in [0.29, 0.717) is 17.1 Å². The van der Waals surface area contributed by atoms with E-state index in [1.165, 1.54) is 11.3 Å². The lowest BCUT2D eigenvalue weighted by Crippen LogP contribution is -1.97. The number of halogens is 3. The van der Waals surface area contributed by atoms with Crippen molar-refractivity contribution in [2.75, 3.05) is 5.73 Å². The van der Waals surface area contributed by atoms with E-state index in [4.69, 9.17) is 5.73 Å². The first kappa shape index (κ1) is 12.5. The molecule has 0 atom stereocenters. The van der Waals surface area contributed by atoms with E-state index >= 15 is 0 Å². The Morgan fingerprint density at radius 3 is 2.53 bits per heavy atom. The third-order valence-electron chi connectivity index (χ3n) is 3.15. The van der Waals surface area contributed by atoms with Crippen molar-refractivity contribution in [1.29, 1.82) is 0 Å². The summed E-state index contributed by atoms with van der Waals surface area (Å²) < 4.78 is 39.7. The molecule has 0 amide bonds. The smallest absolute Gasteiger partial charge is 0.180 e. The molecule has 0 unspecified atom stereocenters. The molecule has 1 aromatic carbocycles. The molecule has 0 bridgehead atoms. The first-order valence-corrected chi connectivity index (χ1v) is 6.74. The Kier molecular flexibility index (Phi) is 2.97. The van der Waals surface area contributed by atoms with Gasteiger partial charge >= 0.3 is 0 Å². The minimum atomic E-state index is -1.17. The number of aromatic nitrogens is 1. The van der Waals surface area contributed by atoms with Gasteiger partial charge in [0.1, 0.15) is 5.82 Å². The van der Waals surface area contributed by atoms with Gasteiger partial charge in [0.2, 0.25) is 0 Å². The quantitative estimate of drug-likeness (QED) is 0.874. The molecule has 1 aromatic heterocycles. The van der Waals surface area contributed by atoms with Crippen molar-refractivity contribution < 1.29 is 13.2 Å². The number of hydrogen-bond acceptors (Lipinski definition) is 3. The molecule has 2 nitrogen and oxygen atoms in total. The number of nitrogen functional groups attached to an aromatic ring is 1. The second-order valence-corrected chi connectivity index (χ2v) is 5.78. The molecule has 19 heavy (non-hydrogen) atoms. The minimum absolute atomic E-state index is 0.129. The fourth-order valence-corrected chi connectivity index (χ4v) is 3.00. The highest BCUT2D eigenvalue weighted by molar-refractivity contribution is 7.15. The zero-order valence-corrected chi connectivity index (χ0v) is 10.7. The molecule has 1 aliphatic carbocycles. The van der Waals surface area contributed by atoms with Gasteiger partial charge < -0.3 is 5.73 Å². The van der Waals surface area contributed by atoms with Crippen LogP contribution in [0.2, 0.25) is 0 Å². The van der Waals surface area contributed by atoms with Crippen LogP contribution in [-0.2, 0) is 6.42 Å². The average molecular weight is 284 g/mol. The van der Waals surface area contributed by atoms with E-state index < -0.39 is 17.5 Å². The lowest BCUT2D eigenvalue weighted by molar-refractivity contribution is 0.491. The first-order chi connectivity index (χ1) is 9.04. The molecule has 0 radical (unpaired) electrons. The van der Waals surface area contributed by atoms with E-state index in [1.807, 2.05) is 0 Å². The van der Waals surface area contributed by atoms with Crippen LogP contribution in [0.3, 0.4) is 0 Å². The van der Waals surface area contributed by atoms with Crippen molar-refractivity contribution in [1.82, 2.24) is 4.98 Å². The van der Waals surface area contributed by atoms with E-state index in [0.717, 1.165) is 29.5 Å². The number of hydrogen-bond donors (Lipinski definition) is 1. The van der Waals surface area contributed by atoms with Crippen molar-refractivity contribution >= 4 is 16.5 Å². The monoisotopic (exact) mass is 284 g/mol. The van der Waals surface area contributed by atoms with Gasteiger partial charge in [0.25, 0.3) is 0 Å². The van der Waals surface area contributed by atoms with Crippen LogP contribution in [0, 0.1) is 17.5 Å². The third kappa shape index (κ3) is 2.45. The van der Waals surface area contributed by atoms with Crippen LogP contribution in [0.4, 0.5) is 18.3 Å². The van der Waals surface area contributed by atoms with E-state index in [-0.39, 0.29) is 12.0 Å². The third-order valence-corrected chi connectivity index (χ3v) is 4.05. The lowest BCUT2D eigenvalue weighted by Gasteiger charge is -2.04. The molecule has 3 rings (SSSR count). The minimum Gasteiger partial charge on any atom is -0.375 e. The predicted octanol–water partition coefficient (Wildman–Crippen LogP) is 3.61. The molecule has 0 spiro atoms. The molecule has 6 heteroatoms. The Labute approximate surface area is 112 Å². The summed E-state index contributed by atoms with van der Waals surface area (Å²) in [6.07, 6.45) is 2.30. The van der Waals surface area contributed by atoms with E-state index in [1.54, 1.807) is 0 Å². The molecular weight excluding hydrogens is 273 g/mol. The molecule has 0 aliphatic heterocycles. The molecule has 2 aromatic rings. The summed E-state index contributed by atoms with van der Waals surface area (Å²) in [5.41, 5.74) is 6.68. The van der Waals surface area contributed by atoms with Crippen LogP contribution >= 0.6 is 11.3 Å². The summed E-state index contributed by atoms with van der Waals surface area (Å²) in [6, 6.07) is 1.48. The summed E-state index contributed by atoms with van der Waals surface area (Å²) >= 11 is 1.28. The highest BCUT2D eigenvalue weighted by Gasteiger charge is 2.29. The number of nitrogens with zero attached hydrogens (tertiary/aromatic N) is 1. The molecule has 1 aliphatic rings. The van der Waals surface area contributed by atoms with Gasteiger partial charge in [-0.15, -0.1) is 11.3 Å². The Morgan fingerprint density at radius 2 is 1.84 bits per heavy atom. The second-order valence-electron chi connectivity index (χ2n) is 4.67. The Bertz CT molecular complexity index is 635. The molecule has 2 N–H and O–H groups in total. The van der Waals surface area contributed by atoms with E-state index in [2.05, 4.69) is 4.98 Å². The van der Waals surface area contributed by atoms with Gasteiger partial charge in [0.05, 0.1) is 5.69 Å². The Hall–Kier alpha value is -1.56. The fraction of sp³-hybridized carbons (Fsp3) is 0.308. The van der Waals surface area contributed by atoms with Crippen LogP contribution in [-0.4, -0.2) is 4.98 Å². The normalized spacial score (nSPS) is 14.9. The SMILES string of the molecule is Nc1nc(C2CC2)c(Cc2cc(F)c(F)cc2F)s1. The number of rotatable bonds is 3. The van der Waals surface area contributed by atoms with Gasteiger partial charge in [-0.25, -0.2) is 18.2 Å². The summed E-state index contributed by atoms with van der Waals surface area (Å²) in [5.74, 6) is -2.57. The number of anilines is 1. The van der Waals surface area contributed by atoms with Crippen molar-refractivity contribution in [3.63, 3.8) is 0 Å². The number of nitrogens with two attached hydrogens (primary N) is 1. The maximum atomic E-state index is 13.6. The van der Waals surface area contributed by atoms with Gasteiger partial charge in [-0.1, -0.05) is 0 Å². The van der Waals surface area contributed by atoms with Gasteiger partial charge in [-0.2, -0.15) is 0 Å². The maximum Gasteiger partial charge on any atom is 0.180 e. The van der Waals surface area contributed by atoms with Gasteiger partial charge in [0.15, 0.2) is 16.8 Å². The Morgan fingerprint density at radius 1 is 1.16 bits per heavy atom. The molecule has 1 fully saturated rings. The molecule has 1 heterocycles. The fourth-order valence-electron chi connectivity index (χ4n) is 2.06.